The predicted molar refractivity (Wildman–Crippen MR) is 71.8 cm³/mol. The molecule has 2 unspecified atom stereocenters. The highest BCUT2D eigenvalue weighted by molar-refractivity contribution is 5.87. The molecule has 0 aromatic rings. The average molecular weight is 268 g/mol. The van der Waals surface area contributed by atoms with Crippen molar-refractivity contribution in [1.82, 2.24) is 9.80 Å². The van der Waals surface area contributed by atoms with Crippen LogP contribution in [0, 0.1) is 5.92 Å². The maximum Gasteiger partial charge on any atom is 0.329 e. The Labute approximate surface area is 114 Å². The smallest absolute Gasteiger partial charge is 0.329 e. The van der Waals surface area contributed by atoms with Gasteiger partial charge < -0.3 is 14.9 Å². The number of hydrogen-bond donors (Lipinski definition) is 1. The van der Waals surface area contributed by atoms with E-state index >= 15 is 0 Å². The fourth-order valence-corrected chi connectivity index (χ4v) is 3.38. The zero-order valence-electron chi connectivity index (χ0n) is 11.9. The molecule has 5 nitrogen and oxygen atoms in total. The first-order valence-corrected chi connectivity index (χ1v) is 7.16. The molecule has 2 atom stereocenters. The Bertz CT molecular complexity index is 372. The van der Waals surface area contributed by atoms with Crippen LogP contribution in [0.15, 0.2) is 0 Å². The predicted octanol–water partition coefficient (Wildman–Crippen LogP) is 1.18. The van der Waals surface area contributed by atoms with Crippen LogP contribution in [0.25, 0.3) is 0 Å². The Hall–Kier alpha value is -1.10. The van der Waals surface area contributed by atoms with Gasteiger partial charge in [0.15, 0.2) is 0 Å². The molecule has 0 aromatic heterocycles. The van der Waals surface area contributed by atoms with E-state index in [0.29, 0.717) is 25.3 Å². The molecule has 2 rings (SSSR count). The maximum absolute atomic E-state index is 12.4. The summed E-state index contributed by atoms with van der Waals surface area (Å²) in [6, 6.07) is 0. The molecule has 2 aliphatic rings. The number of carboxylic acids is 1. The number of hydrogen-bond acceptors (Lipinski definition) is 3. The van der Waals surface area contributed by atoms with Crippen molar-refractivity contribution in [1.29, 1.82) is 0 Å². The van der Waals surface area contributed by atoms with Gasteiger partial charge in [0.2, 0.25) is 5.91 Å². The molecule has 2 saturated heterocycles. The standard InChI is InChI=1S/C14H24N2O3/c1-14(13(18)19)6-4-8-16(14)12(17)9-11-5-3-7-15(2)10-11/h11H,3-10H2,1-2H3,(H,18,19). The molecule has 19 heavy (non-hydrogen) atoms. The van der Waals surface area contributed by atoms with E-state index in [0.717, 1.165) is 32.4 Å². The van der Waals surface area contributed by atoms with Crippen molar-refractivity contribution in [2.75, 3.05) is 26.7 Å². The summed E-state index contributed by atoms with van der Waals surface area (Å²) in [6.45, 7) is 4.31. The van der Waals surface area contributed by atoms with Crippen molar-refractivity contribution in [3.05, 3.63) is 0 Å². The van der Waals surface area contributed by atoms with Gasteiger partial charge in [-0.2, -0.15) is 0 Å². The second-order valence-electron chi connectivity index (χ2n) is 6.20. The van der Waals surface area contributed by atoms with Gasteiger partial charge in [-0.3, -0.25) is 4.79 Å². The fraction of sp³-hybridized carbons (Fsp3) is 0.857. The summed E-state index contributed by atoms with van der Waals surface area (Å²) < 4.78 is 0. The molecule has 1 N–H and O–H groups in total. The lowest BCUT2D eigenvalue weighted by Crippen LogP contribution is -2.51. The largest absolute Gasteiger partial charge is 0.480 e. The minimum Gasteiger partial charge on any atom is -0.480 e. The summed E-state index contributed by atoms with van der Waals surface area (Å²) in [6.07, 6.45) is 4.06. The van der Waals surface area contributed by atoms with Gasteiger partial charge in [0.1, 0.15) is 5.54 Å². The third kappa shape index (κ3) is 2.91. The van der Waals surface area contributed by atoms with Crippen LogP contribution in [0.1, 0.15) is 39.0 Å². The summed E-state index contributed by atoms with van der Waals surface area (Å²) >= 11 is 0. The van der Waals surface area contributed by atoms with Crippen molar-refractivity contribution in [2.24, 2.45) is 5.92 Å². The van der Waals surface area contributed by atoms with Crippen LogP contribution in [0.4, 0.5) is 0 Å². The minimum atomic E-state index is -0.988. The van der Waals surface area contributed by atoms with E-state index in [9.17, 15) is 14.7 Å². The van der Waals surface area contributed by atoms with E-state index in [-0.39, 0.29) is 5.91 Å². The molecule has 2 fully saturated rings. The number of likely N-dealkylation sites (tertiary alicyclic amines) is 2. The molecule has 1 amide bonds. The number of amides is 1. The van der Waals surface area contributed by atoms with E-state index in [1.807, 2.05) is 0 Å². The summed E-state index contributed by atoms with van der Waals surface area (Å²) in [4.78, 5) is 27.6. The van der Waals surface area contributed by atoms with Gasteiger partial charge in [-0.05, 0) is 52.1 Å². The summed E-state index contributed by atoms with van der Waals surface area (Å²) in [5.41, 5.74) is -0.988. The molecular formula is C14H24N2O3. The molecule has 0 bridgehead atoms. The van der Waals surface area contributed by atoms with Gasteiger partial charge in [-0.15, -0.1) is 0 Å². The second kappa shape index (κ2) is 5.49. The lowest BCUT2D eigenvalue weighted by atomic mass is 9.93. The number of rotatable bonds is 3. The van der Waals surface area contributed by atoms with Crippen molar-refractivity contribution < 1.29 is 14.7 Å². The zero-order valence-corrected chi connectivity index (χ0v) is 11.9. The maximum atomic E-state index is 12.4. The molecule has 5 heteroatoms. The number of carboxylic acid groups (broad SMARTS) is 1. The molecular weight excluding hydrogens is 244 g/mol. The molecule has 0 aromatic carbocycles. The molecule has 108 valence electrons. The van der Waals surface area contributed by atoms with Crippen LogP contribution in [-0.4, -0.2) is 59.0 Å². The first-order chi connectivity index (χ1) is 8.93. The van der Waals surface area contributed by atoms with Gasteiger partial charge in [0.25, 0.3) is 0 Å². The molecule has 2 heterocycles. The van der Waals surface area contributed by atoms with Gasteiger partial charge in [0, 0.05) is 19.5 Å². The van der Waals surface area contributed by atoms with Crippen LogP contribution in [0.2, 0.25) is 0 Å². The topological polar surface area (TPSA) is 60.9 Å². The number of piperidine rings is 1. The van der Waals surface area contributed by atoms with Crippen molar-refractivity contribution in [2.45, 2.75) is 44.6 Å². The van der Waals surface area contributed by atoms with E-state index in [1.54, 1.807) is 11.8 Å². The van der Waals surface area contributed by atoms with Crippen LogP contribution in [0.3, 0.4) is 0 Å². The number of aliphatic carboxylic acids is 1. The van der Waals surface area contributed by atoms with Crippen LogP contribution in [0.5, 0.6) is 0 Å². The summed E-state index contributed by atoms with van der Waals surface area (Å²) in [5, 5.41) is 9.34. The third-order valence-corrected chi connectivity index (χ3v) is 4.59. The Morgan fingerprint density at radius 3 is 2.68 bits per heavy atom. The lowest BCUT2D eigenvalue weighted by molar-refractivity contribution is -0.155. The number of carbonyl (C=O) groups is 2. The van der Waals surface area contributed by atoms with E-state index in [2.05, 4.69) is 11.9 Å². The normalized spacial score (nSPS) is 32.5. The van der Waals surface area contributed by atoms with E-state index < -0.39 is 11.5 Å². The van der Waals surface area contributed by atoms with Crippen LogP contribution < -0.4 is 0 Å². The van der Waals surface area contributed by atoms with Crippen molar-refractivity contribution >= 4 is 11.9 Å². The third-order valence-electron chi connectivity index (χ3n) is 4.59. The first kappa shape index (κ1) is 14.3. The molecule has 0 saturated carbocycles. The van der Waals surface area contributed by atoms with Gasteiger partial charge in [-0.1, -0.05) is 0 Å². The first-order valence-electron chi connectivity index (χ1n) is 7.16. The summed E-state index contributed by atoms with van der Waals surface area (Å²) in [7, 11) is 2.08. The van der Waals surface area contributed by atoms with Crippen molar-refractivity contribution in [3.63, 3.8) is 0 Å². The highest BCUT2D eigenvalue weighted by Gasteiger charge is 2.46. The van der Waals surface area contributed by atoms with Gasteiger partial charge in [-0.25, -0.2) is 4.79 Å². The minimum absolute atomic E-state index is 0.0164. The van der Waals surface area contributed by atoms with Crippen LogP contribution in [-0.2, 0) is 9.59 Å². The lowest BCUT2D eigenvalue weighted by Gasteiger charge is -2.34. The van der Waals surface area contributed by atoms with Gasteiger partial charge in [0.05, 0.1) is 0 Å². The highest BCUT2D eigenvalue weighted by Crippen LogP contribution is 2.31. The SMILES string of the molecule is CN1CCCC(CC(=O)N2CCCC2(C)C(=O)O)C1. The van der Waals surface area contributed by atoms with Gasteiger partial charge >= 0.3 is 5.97 Å². The fourth-order valence-electron chi connectivity index (χ4n) is 3.38. The van der Waals surface area contributed by atoms with E-state index in [4.69, 9.17) is 0 Å². The Kier molecular flexibility index (Phi) is 4.13. The highest BCUT2D eigenvalue weighted by atomic mass is 16.4. The second-order valence-corrected chi connectivity index (χ2v) is 6.20. The molecule has 2 aliphatic heterocycles. The average Bonchev–Trinajstić information content (AvgIpc) is 2.73. The molecule has 0 spiro atoms. The van der Waals surface area contributed by atoms with E-state index in [1.165, 1.54) is 0 Å². The number of nitrogens with zero attached hydrogens (tertiary/aromatic N) is 2. The monoisotopic (exact) mass is 268 g/mol. The van der Waals surface area contributed by atoms with Crippen molar-refractivity contribution in [3.8, 4) is 0 Å². The molecule has 0 aliphatic carbocycles. The Morgan fingerprint density at radius 2 is 2.05 bits per heavy atom. The summed E-state index contributed by atoms with van der Waals surface area (Å²) in [5.74, 6) is -0.480. The molecule has 0 radical (unpaired) electrons. The quantitative estimate of drug-likeness (QED) is 0.835. The number of carbonyl (C=O) groups excluding carboxylic acids is 1. The zero-order chi connectivity index (χ0) is 14.0. The van der Waals surface area contributed by atoms with Crippen LogP contribution >= 0.6 is 0 Å². The Morgan fingerprint density at radius 1 is 1.32 bits per heavy atom. The Balaban J connectivity index is 1.97.